The van der Waals surface area contributed by atoms with Gasteiger partial charge in [0.2, 0.25) is 0 Å². The molecule has 2 aliphatic carbocycles. The number of alkyl halides is 1. The molecule has 0 heterocycles. The molecule has 2 saturated carbocycles. The number of nitrogens with zero attached hydrogens (tertiary/aromatic N) is 1. The molecule has 0 unspecified atom stereocenters. The van der Waals surface area contributed by atoms with Gasteiger partial charge in [-0.2, -0.15) is 0 Å². The van der Waals surface area contributed by atoms with Gasteiger partial charge < -0.3 is 63.1 Å². The highest BCUT2D eigenvalue weighted by Crippen LogP contribution is 2.44. The number of carbonyl (C=O) groups is 9. The van der Waals surface area contributed by atoms with Crippen molar-refractivity contribution < 1.29 is 96.6 Å². The molecule has 23 heteroatoms. The Labute approximate surface area is 551 Å². The minimum atomic E-state index is -2.24. The number of methoxy groups -OCH3 is 4. The standard InChI is InChI=1S/C13H25N.C8H17O3P.C7H12O2.2C6H10O2.3C5H8O2.C4H6O2.C3H6O.CH3Cl.2CH4O.2CH4/c1-14(12-8-4-2-5-9-12)13-10-6-3-7-11-13;1-4-11-8(9)7-12(10,5-2)6-3;1-4-9-7(8)5-6(2)3;1-5(2)4-6(7)8-3;1-4-5(2)6(7)8-3;1-4(2)5(6)7-3;1-4(2)3-5(6)7;1-3-4-5(6)7-2;1-2-3-4(5)6;1-3(2)4;3*1-2;;/h12-13H,2-11H2,1H3;4-7H2,1-3H3;5H,4H2,1-3H3;2*4H,1-3H3;1H2,2-3H3;3H,1-2H3,(H,6,7);3-4H,1-2H3;2-3H,1H3,(H,5,6);1-2H3;1H3;2*2H,1H3;2*1H4/b;;;;5-4+;;;4-3+;3-2+;;;;;;. The fourth-order valence-electron chi connectivity index (χ4n) is 5.92. The van der Waals surface area contributed by atoms with E-state index >= 15 is 0 Å². The molecule has 0 radical (unpaired) electrons. The molecule has 0 aliphatic heterocycles. The molecule has 0 atom stereocenters. The number of ketones is 1. The third kappa shape index (κ3) is 107. The molecule has 0 spiro atoms. The molecule has 2 rings (SSSR count). The first kappa shape index (κ1) is 115. The molecule has 21 nitrogen and oxygen atoms in total. The number of Topliss-reactive ketones (excluding diaryl/α,β-unsaturated/α-hetero) is 1. The number of esters is 6. The Morgan fingerprint density at radius 2 is 0.856 bits per heavy atom. The minimum Gasteiger partial charge on any atom is -0.478 e. The molecule has 0 aromatic heterocycles. The van der Waals surface area contributed by atoms with Crippen LogP contribution in [0.2, 0.25) is 0 Å². The maximum Gasteiger partial charge on any atom is 0.333 e. The number of ether oxygens (including phenoxy) is 6. The maximum atomic E-state index is 11.7. The lowest BCUT2D eigenvalue weighted by Gasteiger charge is -2.39. The lowest BCUT2D eigenvalue weighted by Crippen LogP contribution is -2.42. The summed E-state index contributed by atoms with van der Waals surface area (Å²) in [5.74, 6) is -3.38. The number of rotatable bonds is 15. The van der Waals surface area contributed by atoms with E-state index in [1.807, 2.05) is 41.5 Å². The van der Waals surface area contributed by atoms with Crippen molar-refractivity contribution in [1.29, 1.82) is 0 Å². The van der Waals surface area contributed by atoms with Gasteiger partial charge in [-0.1, -0.05) is 109 Å². The normalized spacial score (nSPS) is 11.3. The molecule has 0 saturated heterocycles. The van der Waals surface area contributed by atoms with Gasteiger partial charge in [-0.25, -0.2) is 33.6 Å². The van der Waals surface area contributed by atoms with Crippen LogP contribution in [0, 0.1) is 0 Å². The topological polar surface area (TPSA) is 310 Å². The summed E-state index contributed by atoms with van der Waals surface area (Å²) in [5.41, 5.74) is 3.81. The van der Waals surface area contributed by atoms with Crippen LogP contribution >= 0.6 is 18.7 Å². The number of carboxylic acid groups (broad SMARTS) is 2. The van der Waals surface area contributed by atoms with Gasteiger partial charge in [-0.05, 0) is 149 Å². The van der Waals surface area contributed by atoms with Crippen LogP contribution in [0.25, 0.3) is 0 Å². The van der Waals surface area contributed by atoms with Crippen LogP contribution < -0.4 is 0 Å². The number of aliphatic hydroxyl groups excluding tert-OH is 2. The predicted molar refractivity (Wildman–Crippen MR) is 372 cm³/mol. The van der Waals surface area contributed by atoms with E-state index in [0.29, 0.717) is 36.7 Å². The lowest BCUT2D eigenvalue weighted by molar-refractivity contribution is -0.140. The second-order valence-corrected chi connectivity index (χ2v) is 22.4. The van der Waals surface area contributed by atoms with E-state index < -0.39 is 19.1 Å². The zero-order chi connectivity index (χ0) is 71.8. The highest BCUT2D eigenvalue weighted by molar-refractivity contribution is 7.64. The van der Waals surface area contributed by atoms with Gasteiger partial charge in [0, 0.05) is 74.2 Å². The maximum absolute atomic E-state index is 11.7. The molecule has 90 heavy (non-hydrogen) atoms. The van der Waals surface area contributed by atoms with Gasteiger partial charge in [0.1, 0.15) is 5.78 Å². The zero-order valence-corrected chi connectivity index (χ0v) is 60.3. The van der Waals surface area contributed by atoms with Crippen molar-refractivity contribution >= 4 is 72.3 Å². The van der Waals surface area contributed by atoms with Crippen LogP contribution in [0.5, 0.6) is 0 Å². The highest BCUT2D eigenvalue weighted by Gasteiger charge is 2.25. The average molecular weight is 1340 g/mol. The van der Waals surface area contributed by atoms with Crippen molar-refractivity contribution in [3.05, 3.63) is 83.1 Å². The van der Waals surface area contributed by atoms with Gasteiger partial charge in [-0.15, -0.1) is 11.6 Å². The molecule has 4 N–H and O–H groups in total. The van der Waals surface area contributed by atoms with E-state index in [0.717, 1.165) is 49.1 Å². The number of halogens is 1. The van der Waals surface area contributed by atoms with Gasteiger partial charge >= 0.3 is 47.8 Å². The van der Waals surface area contributed by atoms with Crippen LogP contribution in [0.4, 0.5) is 0 Å². The van der Waals surface area contributed by atoms with Crippen LogP contribution in [-0.4, -0.2) is 179 Å². The Kier molecular flexibility index (Phi) is 111. The number of hydrogen-bond donors (Lipinski definition) is 4. The summed E-state index contributed by atoms with van der Waals surface area (Å²) in [6.07, 6.45) is 28.8. The summed E-state index contributed by atoms with van der Waals surface area (Å²) in [7, 11) is 7.55. The molecule has 2 fully saturated rings. The number of aliphatic carboxylic acids is 2. The van der Waals surface area contributed by atoms with Crippen molar-refractivity contribution in [2.24, 2.45) is 0 Å². The Balaban J connectivity index is -0.0000000667. The summed E-state index contributed by atoms with van der Waals surface area (Å²) in [4.78, 5) is 94.0. The fraction of sp³-hybridized carbons (Fsp3) is 0.657. The molecular formula is C67H129ClNO20P. The quantitative estimate of drug-likeness (QED) is 0.0389. The summed E-state index contributed by atoms with van der Waals surface area (Å²) < 4.78 is 38.4. The van der Waals surface area contributed by atoms with Crippen LogP contribution in [0.15, 0.2) is 83.1 Å². The Hall–Kier alpha value is -5.99. The lowest BCUT2D eigenvalue weighted by atomic mass is 9.89. The predicted octanol–water partition coefficient (Wildman–Crippen LogP) is 14.4. The molecular weight excluding hydrogens is 1210 g/mol. The first-order valence-electron chi connectivity index (χ1n) is 28.8. The van der Waals surface area contributed by atoms with Gasteiger partial charge in [0.05, 0.1) is 55.0 Å². The molecule has 0 amide bonds. The van der Waals surface area contributed by atoms with E-state index in [2.05, 4.69) is 53.8 Å². The monoisotopic (exact) mass is 1330 g/mol. The molecule has 0 bridgehead atoms. The molecule has 0 aromatic carbocycles. The summed E-state index contributed by atoms with van der Waals surface area (Å²) >= 11 is 4.64. The number of aliphatic hydroxyl groups is 2. The van der Waals surface area contributed by atoms with E-state index in [-0.39, 0.29) is 62.6 Å². The smallest absolute Gasteiger partial charge is 0.333 e. The summed E-state index contributed by atoms with van der Waals surface area (Å²) in [6.45, 7) is 33.9. The molecule has 0 aromatic rings. The first-order valence-corrected chi connectivity index (χ1v) is 31.8. The van der Waals surface area contributed by atoms with E-state index in [1.165, 1.54) is 143 Å². The Morgan fingerprint density at radius 1 is 0.522 bits per heavy atom. The summed E-state index contributed by atoms with van der Waals surface area (Å²) in [5, 5.41) is 29.8. The van der Waals surface area contributed by atoms with Crippen molar-refractivity contribution in [2.75, 3.05) is 87.8 Å². The van der Waals surface area contributed by atoms with E-state index in [9.17, 15) is 47.7 Å². The average Bonchev–Trinajstić information content (AvgIpc) is 3.70. The van der Waals surface area contributed by atoms with Gasteiger partial charge in [0.25, 0.3) is 0 Å². The van der Waals surface area contributed by atoms with Crippen LogP contribution in [0.3, 0.4) is 0 Å². The Bertz CT molecular complexity index is 1990. The fourth-order valence-corrected chi connectivity index (χ4v) is 7.38. The van der Waals surface area contributed by atoms with Crippen molar-refractivity contribution in [2.45, 2.75) is 209 Å². The molecule has 2 aliphatic rings. The van der Waals surface area contributed by atoms with E-state index in [1.54, 1.807) is 74.5 Å². The SMILES string of the molecule is C.C.C/C=C(\C)C(=O)OC.C/C=C/C(=O)O.C/C=C/C(=O)OC.C=C(C)C(=O)OC.CC(C)=CC(=O)O.CC(C)=O.CCOC(=O)C=C(C)C.CCOC(=O)CP(=O)(CC)CC.CCl.CN(C1CCCCC1)C1CCCCC1.CO.CO.COC(=O)C=C(C)C. The van der Waals surface area contributed by atoms with Crippen molar-refractivity contribution in [1.82, 2.24) is 4.90 Å². The molecule has 534 valence electrons. The Morgan fingerprint density at radius 3 is 1.02 bits per heavy atom. The third-order valence-corrected chi connectivity index (χ3v) is 13.3. The van der Waals surface area contributed by atoms with Crippen molar-refractivity contribution in [3.8, 4) is 0 Å². The van der Waals surface area contributed by atoms with Gasteiger partial charge in [-0.3, -0.25) is 4.79 Å². The van der Waals surface area contributed by atoms with Gasteiger partial charge in [0.15, 0.2) is 0 Å². The zero-order valence-electron chi connectivity index (χ0n) is 58.7. The second-order valence-electron chi connectivity index (χ2n) is 18.7. The summed E-state index contributed by atoms with van der Waals surface area (Å²) in [6, 6.07) is 1.85. The third-order valence-electron chi connectivity index (χ3n) is 10.2. The first-order chi connectivity index (χ1) is 41.1. The van der Waals surface area contributed by atoms with E-state index in [4.69, 9.17) is 25.2 Å². The van der Waals surface area contributed by atoms with Crippen LogP contribution in [0.1, 0.15) is 197 Å². The van der Waals surface area contributed by atoms with Crippen molar-refractivity contribution in [3.63, 3.8) is 0 Å². The largest absolute Gasteiger partial charge is 0.478 e. The number of carbonyl (C=O) groups excluding carboxylic acids is 7. The second kappa shape index (κ2) is 87.2. The number of carboxylic acids is 2. The minimum absolute atomic E-state index is 0. The van der Waals surface area contributed by atoms with Crippen LogP contribution in [-0.2, 0) is 76.1 Å². The number of allylic oxidation sites excluding steroid dienone is 6. The highest BCUT2D eigenvalue weighted by atomic mass is 35.5. The number of hydrogen-bond acceptors (Lipinski definition) is 19.